The van der Waals surface area contributed by atoms with Crippen LogP contribution in [0.5, 0.6) is 5.75 Å². The lowest BCUT2D eigenvalue weighted by Gasteiger charge is -2.09. The van der Waals surface area contributed by atoms with Crippen LogP contribution < -0.4 is 10.1 Å². The molecule has 0 aliphatic heterocycles. The van der Waals surface area contributed by atoms with Crippen LogP contribution in [-0.4, -0.2) is 17.5 Å². The number of hydrogen-bond acceptors (Lipinski definition) is 4. The van der Waals surface area contributed by atoms with E-state index in [2.05, 4.69) is 10.3 Å². The molecule has 5 nitrogen and oxygen atoms in total. The van der Waals surface area contributed by atoms with Crippen LogP contribution in [0.15, 0.2) is 71.1 Å². The van der Waals surface area contributed by atoms with Crippen LogP contribution in [0.4, 0.5) is 5.69 Å². The zero-order valence-electron chi connectivity index (χ0n) is 15.1. The minimum atomic E-state index is -0.249. The Labute approximate surface area is 166 Å². The van der Waals surface area contributed by atoms with Gasteiger partial charge in [-0.1, -0.05) is 35.9 Å². The van der Waals surface area contributed by atoms with Crippen LogP contribution in [0.1, 0.15) is 5.56 Å². The van der Waals surface area contributed by atoms with Crippen molar-refractivity contribution in [3.05, 3.63) is 77.3 Å². The molecule has 0 atom stereocenters. The zero-order valence-corrected chi connectivity index (χ0v) is 15.9. The number of fused-ring (bicyclic) bond motifs is 1. The molecule has 28 heavy (non-hydrogen) atoms. The highest BCUT2D eigenvalue weighted by Crippen LogP contribution is 2.27. The number of carbonyl (C=O) groups is 1. The summed E-state index contributed by atoms with van der Waals surface area (Å²) in [6.07, 6.45) is 0. The van der Waals surface area contributed by atoms with E-state index in [1.54, 1.807) is 30.3 Å². The van der Waals surface area contributed by atoms with Crippen molar-refractivity contribution in [2.45, 2.75) is 6.92 Å². The summed E-state index contributed by atoms with van der Waals surface area (Å²) >= 11 is 6.03. The quantitative estimate of drug-likeness (QED) is 0.488. The molecule has 4 aromatic rings. The lowest BCUT2D eigenvalue weighted by Crippen LogP contribution is -2.20. The van der Waals surface area contributed by atoms with Gasteiger partial charge in [0.1, 0.15) is 11.3 Å². The highest BCUT2D eigenvalue weighted by Gasteiger charge is 2.11. The molecule has 0 bridgehead atoms. The van der Waals surface area contributed by atoms with Crippen molar-refractivity contribution in [2.24, 2.45) is 0 Å². The van der Waals surface area contributed by atoms with Crippen LogP contribution in [0, 0.1) is 6.92 Å². The van der Waals surface area contributed by atoms with E-state index in [1.165, 1.54) is 0 Å². The molecular formula is C22H17ClN2O3. The average Bonchev–Trinajstić information content (AvgIpc) is 3.11. The monoisotopic (exact) mass is 392 g/mol. The molecule has 3 aromatic carbocycles. The second-order valence-electron chi connectivity index (χ2n) is 6.31. The van der Waals surface area contributed by atoms with Crippen LogP contribution in [0.25, 0.3) is 22.6 Å². The highest BCUT2D eigenvalue weighted by atomic mass is 35.5. The van der Waals surface area contributed by atoms with Crippen molar-refractivity contribution in [3.8, 4) is 17.2 Å². The van der Waals surface area contributed by atoms with E-state index >= 15 is 0 Å². The highest BCUT2D eigenvalue weighted by molar-refractivity contribution is 6.30. The number of oxazole rings is 1. The molecule has 0 radical (unpaired) electrons. The largest absolute Gasteiger partial charge is 0.483 e. The van der Waals surface area contributed by atoms with Gasteiger partial charge in [-0.3, -0.25) is 4.79 Å². The molecule has 0 spiro atoms. The average molecular weight is 393 g/mol. The van der Waals surface area contributed by atoms with Crippen molar-refractivity contribution in [2.75, 3.05) is 11.9 Å². The molecule has 1 heterocycles. The topological polar surface area (TPSA) is 64.4 Å². The third-order valence-corrected chi connectivity index (χ3v) is 4.43. The van der Waals surface area contributed by atoms with Gasteiger partial charge in [-0.05, 0) is 55.0 Å². The number of amides is 1. The fourth-order valence-electron chi connectivity index (χ4n) is 2.81. The predicted molar refractivity (Wildman–Crippen MR) is 110 cm³/mol. The molecule has 1 amide bonds. The summed E-state index contributed by atoms with van der Waals surface area (Å²) in [4.78, 5) is 16.7. The first-order valence-electron chi connectivity index (χ1n) is 8.73. The van der Waals surface area contributed by atoms with E-state index < -0.39 is 0 Å². The number of aryl methyl sites for hydroxylation is 1. The smallest absolute Gasteiger partial charge is 0.262 e. The van der Waals surface area contributed by atoms with Gasteiger partial charge in [0.25, 0.3) is 5.91 Å². The zero-order chi connectivity index (χ0) is 19.5. The Morgan fingerprint density at radius 2 is 1.96 bits per heavy atom. The van der Waals surface area contributed by atoms with E-state index in [-0.39, 0.29) is 12.5 Å². The predicted octanol–water partition coefficient (Wildman–Crippen LogP) is 5.47. The van der Waals surface area contributed by atoms with Crippen molar-refractivity contribution < 1.29 is 13.9 Å². The van der Waals surface area contributed by atoms with Gasteiger partial charge in [-0.15, -0.1) is 0 Å². The molecular weight excluding hydrogens is 376 g/mol. The van der Waals surface area contributed by atoms with Crippen molar-refractivity contribution >= 4 is 34.3 Å². The summed E-state index contributed by atoms with van der Waals surface area (Å²) < 4.78 is 11.4. The SMILES string of the molecule is Cc1ccccc1OCC(=O)Nc1ccc2oc(-c3cccc(Cl)c3)nc2c1. The van der Waals surface area contributed by atoms with Gasteiger partial charge in [-0.25, -0.2) is 4.98 Å². The normalized spacial score (nSPS) is 10.8. The number of benzene rings is 3. The van der Waals surface area contributed by atoms with E-state index in [1.807, 2.05) is 43.3 Å². The fraction of sp³-hybridized carbons (Fsp3) is 0.0909. The molecule has 0 fully saturated rings. The molecule has 4 rings (SSSR count). The Kier molecular flexibility index (Phi) is 5.00. The fourth-order valence-corrected chi connectivity index (χ4v) is 3.00. The van der Waals surface area contributed by atoms with Crippen molar-refractivity contribution in [1.82, 2.24) is 4.98 Å². The number of nitrogens with one attached hydrogen (secondary N) is 1. The van der Waals surface area contributed by atoms with E-state index in [0.717, 1.165) is 11.1 Å². The molecule has 0 unspecified atom stereocenters. The first kappa shape index (κ1) is 18.1. The Morgan fingerprint density at radius 3 is 2.79 bits per heavy atom. The summed E-state index contributed by atoms with van der Waals surface area (Å²) in [5.74, 6) is 0.917. The molecule has 0 saturated heterocycles. The van der Waals surface area contributed by atoms with Gasteiger partial charge >= 0.3 is 0 Å². The molecule has 0 aliphatic rings. The van der Waals surface area contributed by atoms with Crippen LogP contribution in [-0.2, 0) is 4.79 Å². The van der Waals surface area contributed by atoms with Gasteiger partial charge in [0.2, 0.25) is 5.89 Å². The number of nitrogens with zero attached hydrogens (tertiary/aromatic N) is 1. The number of para-hydroxylation sites is 1. The Morgan fingerprint density at radius 1 is 1.11 bits per heavy atom. The third-order valence-electron chi connectivity index (χ3n) is 4.20. The van der Waals surface area contributed by atoms with Gasteiger partial charge in [0.05, 0.1) is 0 Å². The third kappa shape index (κ3) is 4.00. The van der Waals surface area contributed by atoms with Crippen LogP contribution >= 0.6 is 11.6 Å². The summed E-state index contributed by atoms with van der Waals surface area (Å²) in [6, 6.07) is 20.2. The van der Waals surface area contributed by atoms with Gasteiger partial charge in [-0.2, -0.15) is 0 Å². The van der Waals surface area contributed by atoms with E-state index in [4.69, 9.17) is 20.8 Å². The molecule has 6 heteroatoms. The first-order valence-corrected chi connectivity index (χ1v) is 9.11. The minimum absolute atomic E-state index is 0.0739. The summed E-state index contributed by atoms with van der Waals surface area (Å²) in [5, 5.41) is 3.43. The lowest BCUT2D eigenvalue weighted by molar-refractivity contribution is -0.118. The minimum Gasteiger partial charge on any atom is -0.483 e. The molecule has 1 aromatic heterocycles. The van der Waals surface area contributed by atoms with Crippen LogP contribution in [0.2, 0.25) is 5.02 Å². The van der Waals surface area contributed by atoms with Crippen LogP contribution in [0.3, 0.4) is 0 Å². The molecule has 0 aliphatic carbocycles. The number of aromatic nitrogens is 1. The summed E-state index contributed by atoms with van der Waals surface area (Å²) in [6.45, 7) is 1.86. The van der Waals surface area contributed by atoms with Gasteiger partial charge in [0.15, 0.2) is 12.2 Å². The summed E-state index contributed by atoms with van der Waals surface area (Å²) in [5.41, 5.74) is 3.67. The summed E-state index contributed by atoms with van der Waals surface area (Å²) in [7, 11) is 0. The van der Waals surface area contributed by atoms with Gasteiger partial charge < -0.3 is 14.5 Å². The lowest BCUT2D eigenvalue weighted by atomic mass is 10.2. The number of hydrogen-bond donors (Lipinski definition) is 1. The maximum Gasteiger partial charge on any atom is 0.262 e. The Balaban J connectivity index is 1.47. The molecule has 140 valence electrons. The number of anilines is 1. The van der Waals surface area contributed by atoms with Gasteiger partial charge in [0, 0.05) is 16.3 Å². The number of carbonyl (C=O) groups excluding carboxylic acids is 1. The number of ether oxygens (including phenoxy) is 1. The Bertz CT molecular complexity index is 1150. The van der Waals surface area contributed by atoms with E-state index in [9.17, 15) is 4.79 Å². The second-order valence-corrected chi connectivity index (χ2v) is 6.75. The number of rotatable bonds is 5. The molecule has 1 N–H and O–H groups in total. The standard InChI is InChI=1S/C22H17ClN2O3/c1-14-5-2-3-8-19(14)27-13-21(26)24-17-9-10-20-18(12-17)25-22(28-20)15-6-4-7-16(23)11-15/h2-12H,13H2,1H3,(H,24,26). The first-order chi connectivity index (χ1) is 13.6. The molecule has 0 saturated carbocycles. The maximum absolute atomic E-state index is 12.2. The van der Waals surface area contributed by atoms with Crippen molar-refractivity contribution in [3.63, 3.8) is 0 Å². The second kappa shape index (κ2) is 7.74. The number of halogens is 1. The maximum atomic E-state index is 12.2. The van der Waals surface area contributed by atoms with Crippen molar-refractivity contribution in [1.29, 1.82) is 0 Å². The Hall–Kier alpha value is -3.31. The van der Waals surface area contributed by atoms with E-state index in [0.29, 0.717) is 33.4 Å².